The Balaban J connectivity index is 2.12. The molecule has 0 atom stereocenters. The molecule has 5 nitrogen and oxygen atoms in total. The summed E-state index contributed by atoms with van der Waals surface area (Å²) in [6, 6.07) is 23.7. The number of hydrogen-bond acceptors (Lipinski definition) is 5. The van der Waals surface area contributed by atoms with Crippen molar-refractivity contribution < 1.29 is 19.1 Å². The molecule has 0 heterocycles. The molecule has 0 radical (unpaired) electrons. The number of ether oxygens (including phenoxy) is 3. The van der Waals surface area contributed by atoms with Gasteiger partial charge < -0.3 is 0 Å². The Morgan fingerprint density at radius 1 is 0.543 bits per heavy atom. The third-order valence-electron chi connectivity index (χ3n) is 6.93. The molecule has 0 aliphatic rings. The molecule has 3 rings (SSSR count). The molecular weight excluding hydrogens is 457 g/mol. The molecule has 0 bridgehead atoms. The van der Waals surface area contributed by atoms with Gasteiger partial charge in [-0.05, 0) is 0 Å². The average molecular weight is 498 g/mol. The molecule has 0 saturated carbocycles. The maximum atomic E-state index is 13.3. The third kappa shape index (κ3) is 5.81. The molecule has 0 aromatic heterocycles. The summed E-state index contributed by atoms with van der Waals surface area (Å²) in [7, 11) is 4.97. The fourth-order valence-electron chi connectivity index (χ4n) is 4.82. The van der Waals surface area contributed by atoms with Crippen LogP contribution in [0.5, 0.6) is 17.2 Å². The van der Waals surface area contributed by atoms with E-state index in [-0.39, 0.29) is 0 Å². The molecule has 3 N–H and O–H groups in total. The molecule has 6 heteroatoms. The van der Waals surface area contributed by atoms with Crippen molar-refractivity contribution in [2.75, 3.05) is 34.0 Å². The summed E-state index contributed by atoms with van der Waals surface area (Å²) < 4.78 is 16.3. The molecule has 0 aliphatic heterocycles. The predicted molar refractivity (Wildman–Crippen MR) is 149 cm³/mol. The van der Waals surface area contributed by atoms with Gasteiger partial charge in [-0.3, -0.25) is 0 Å². The van der Waals surface area contributed by atoms with E-state index in [0.29, 0.717) is 6.16 Å². The van der Waals surface area contributed by atoms with Gasteiger partial charge in [0.1, 0.15) is 0 Å². The number of unbranched alkanes of at least 4 members (excludes halogenated alkanes) is 5. The molecule has 190 valence electrons. The normalized spacial score (nSPS) is 12.5. The van der Waals surface area contributed by atoms with Gasteiger partial charge in [-0.2, -0.15) is 0 Å². The van der Waals surface area contributed by atoms with Crippen LogP contribution in [0.2, 0.25) is 0 Å². The molecule has 35 heavy (non-hydrogen) atoms. The number of nitrogens with two attached hydrogens (primary N) is 1. The third-order valence-corrected chi connectivity index (χ3v) is 12.4. The van der Waals surface area contributed by atoms with Crippen molar-refractivity contribution in [1.82, 2.24) is 0 Å². The molecule has 0 amide bonds. The first-order valence-corrected chi connectivity index (χ1v) is 14.8. The van der Waals surface area contributed by atoms with E-state index in [0.717, 1.165) is 71.8 Å². The second-order valence-electron chi connectivity index (χ2n) is 8.98. The SMILES string of the molecule is COc1ccc(P(O)(CCCCCCCCN)(c2ccc(OC)cc2)c2ccc(OC)cc2)cc1. The Labute approximate surface area is 210 Å². The molecule has 0 spiro atoms. The average Bonchev–Trinajstić information content (AvgIpc) is 2.92. The zero-order valence-electron chi connectivity index (χ0n) is 21.3. The van der Waals surface area contributed by atoms with Crippen molar-refractivity contribution in [3.8, 4) is 17.2 Å². The van der Waals surface area contributed by atoms with Crippen molar-refractivity contribution in [3.63, 3.8) is 0 Å². The van der Waals surface area contributed by atoms with E-state index in [4.69, 9.17) is 19.9 Å². The first kappa shape index (κ1) is 27.0. The number of benzene rings is 3. The van der Waals surface area contributed by atoms with Crippen molar-refractivity contribution >= 4 is 22.7 Å². The molecule has 3 aromatic rings. The minimum absolute atomic E-state index is 0.660. The minimum atomic E-state index is -3.81. The quantitative estimate of drug-likeness (QED) is 0.248. The number of methoxy groups -OCH3 is 3. The van der Waals surface area contributed by atoms with E-state index < -0.39 is 6.83 Å². The topological polar surface area (TPSA) is 73.9 Å². The van der Waals surface area contributed by atoms with Gasteiger partial charge in [0.15, 0.2) is 0 Å². The van der Waals surface area contributed by atoms with Crippen LogP contribution in [0.1, 0.15) is 38.5 Å². The van der Waals surface area contributed by atoms with E-state index in [1.54, 1.807) is 21.3 Å². The maximum absolute atomic E-state index is 13.3. The van der Waals surface area contributed by atoms with Crippen LogP contribution in [0, 0.1) is 0 Å². The summed E-state index contributed by atoms with van der Waals surface area (Å²) in [5, 5.41) is 2.78. The van der Waals surface area contributed by atoms with Crippen LogP contribution in [-0.4, -0.2) is 38.9 Å². The molecule has 3 aromatic carbocycles. The molecule has 0 fully saturated rings. The van der Waals surface area contributed by atoms with E-state index in [1.807, 2.05) is 72.8 Å². The van der Waals surface area contributed by atoms with Crippen LogP contribution >= 0.6 is 6.83 Å². The first-order valence-electron chi connectivity index (χ1n) is 12.4. The summed E-state index contributed by atoms with van der Waals surface area (Å²) >= 11 is 0. The number of rotatable bonds is 14. The Morgan fingerprint density at radius 3 is 1.17 bits per heavy atom. The summed E-state index contributed by atoms with van der Waals surface area (Å²) in [6.45, 7) is -3.06. The van der Waals surface area contributed by atoms with Gasteiger partial charge >= 0.3 is 210 Å². The van der Waals surface area contributed by atoms with E-state index in [9.17, 15) is 4.89 Å². The van der Waals surface area contributed by atoms with Gasteiger partial charge in [-0.15, -0.1) is 0 Å². The van der Waals surface area contributed by atoms with Crippen molar-refractivity contribution in [2.24, 2.45) is 5.73 Å². The molecule has 0 unspecified atom stereocenters. The van der Waals surface area contributed by atoms with E-state index >= 15 is 0 Å². The number of hydrogen-bond donors (Lipinski definition) is 2. The zero-order chi connectivity index (χ0) is 25.2. The van der Waals surface area contributed by atoms with Gasteiger partial charge in [0.2, 0.25) is 0 Å². The van der Waals surface area contributed by atoms with Crippen LogP contribution in [-0.2, 0) is 0 Å². The molecule has 0 aliphatic carbocycles. The van der Waals surface area contributed by atoms with Gasteiger partial charge in [0.05, 0.1) is 0 Å². The fourth-order valence-corrected chi connectivity index (χ4v) is 9.70. The monoisotopic (exact) mass is 497 g/mol. The van der Waals surface area contributed by atoms with Gasteiger partial charge in [0.25, 0.3) is 0 Å². The predicted octanol–water partition coefficient (Wildman–Crippen LogP) is 4.75. The summed E-state index contributed by atoms with van der Waals surface area (Å²) in [5.74, 6) is 2.30. The van der Waals surface area contributed by atoms with Crippen LogP contribution in [0.3, 0.4) is 0 Å². The second kappa shape index (κ2) is 12.4. The van der Waals surface area contributed by atoms with Crippen molar-refractivity contribution in [3.05, 3.63) is 72.8 Å². The van der Waals surface area contributed by atoms with Crippen LogP contribution in [0.4, 0.5) is 0 Å². The fraction of sp³-hybridized carbons (Fsp3) is 0.379. The summed E-state index contributed by atoms with van der Waals surface area (Å²) in [5.41, 5.74) is 5.64. The zero-order valence-corrected chi connectivity index (χ0v) is 22.2. The van der Waals surface area contributed by atoms with Crippen LogP contribution in [0.25, 0.3) is 0 Å². The Morgan fingerprint density at radius 2 is 0.857 bits per heavy atom. The van der Waals surface area contributed by atoms with Crippen LogP contribution < -0.4 is 35.9 Å². The van der Waals surface area contributed by atoms with Crippen molar-refractivity contribution in [2.45, 2.75) is 38.5 Å². The molecular formula is C29H40NO4P. The summed E-state index contributed by atoms with van der Waals surface area (Å²) in [6.07, 6.45) is 7.18. The second-order valence-corrected chi connectivity index (χ2v) is 13.5. The van der Waals surface area contributed by atoms with E-state index in [1.165, 1.54) is 6.42 Å². The standard InChI is InChI=1S/C29H40NO4P/c1-32-24-10-16-27(17-11-24)35(31,23-9-7-5-4-6-8-22-30,28-18-12-25(33-2)13-19-28)29-20-14-26(34-3)15-21-29/h10-21,31H,4-9,22-23,30H2,1-3H3. The van der Waals surface area contributed by atoms with E-state index in [2.05, 4.69) is 0 Å². The Bertz CT molecular complexity index is 917. The first-order chi connectivity index (χ1) is 17.0. The van der Waals surface area contributed by atoms with Gasteiger partial charge in [-0.25, -0.2) is 0 Å². The Kier molecular flexibility index (Phi) is 9.56. The molecule has 0 saturated heterocycles. The summed E-state index contributed by atoms with van der Waals surface area (Å²) in [4.78, 5) is 13.3. The Hall–Kier alpha value is -2.59. The van der Waals surface area contributed by atoms with Gasteiger partial charge in [-0.1, -0.05) is 0 Å². The van der Waals surface area contributed by atoms with Gasteiger partial charge in [0, 0.05) is 0 Å². The van der Waals surface area contributed by atoms with Crippen molar-refractivity contribution in [1.29, 1.82) is 0 Å². The van der Waals surface area contributed by atoms with Crippen LogP contribution in [0.15, 0.2) is 72.8 Å².